The van der Waals surface area contributed by atoms with Crippen molar-refractivity contribution >= 4 is 11.9 Å². The number of phenols is 1. The maximum atomic E-state index is 12.6. The van der Waals surface area contributed by atoms with Crippen molar-refractivity contribution in [1.29, 1.82) is 5.26 Å². The Morgan fingerprint density at radius 2 is 1.81 bits per heavy atom. The van der Waals surface area contributed by atoms with E-state index < -0.39 is 18.0 Å². The van der Waals surface area contributed by atoms with Gasteiger partial charge in [-0.1, -0.05) is 33.8 Å². The summed E-state index contributed by atoms with van der Waals surface area (Å²) in [5.74, 6) is -1.02. The van der Waals surface area contributed by atoms with Gasteiger partial charge < -0.3 is 14.7 Å². The molecule has 0 aliphatic carbocycles. The molecule has 0 radical (unpaired) electrons. The molecule has 0 aliphatic rings. The highest BCUT2D eigenvalue weighted by Crippen LogP contribution is 2.33. The molecule has 0 aliphatic heterocycles. The first-order valence-electron chi connectivity index (χ1n) is 8.79. The van der Waals surface area contributed by atoms with Gasteiger partial charge in [-0.05, 0) is 36.0 Å². The monoisotopic (exact) mass is 360 g/mol. The molecule has 0 fully saturated rings. The van der Waals surface area contributed by atoms with Crippen LogP contribution in [0, 0.1) is 11.3 Å². The van der Waals surface area contributed by atoms with Crippen molar-refractivity contribution in [2.75, 3.05) is 13.6 Å². The Morgan fingerprint density at radius 3 is 2.31 bits per heavy atom. The standard InChI is InChI=1S/C20H28N2O4/c1-12(2)15-10-16(13(3)4)18(23)17(11-15)20(25)26-14(5)19(24)22(6)9-7-8-21/h10-14,23H,7,9H2,1-6H3/t14-/m1/s1. The van der Waals surface area contributed by atoms with Crippen LogP contribution in [0.15, 0.2) is 12.1 Å². The van der Waals surface area contributed by atoms with E-state index in [0.29, 0.717) is 5.56 Å². The Labute approximate surface area is 155 Å². The van der Waals surface area contributed by atoms with Crippen LogP contribution in [0.3, 0.4) is 0 Å². The summed E-state index contributed by atoms with van der Waals surface area (Å²) >= 11 is 0. The van der Waals surface area contributed by atoms with E-state index in [0.717, 1.165) is 5.56 Å². The number of esters is 1. The summed E-state index contributed by atoms with van der Waals surface area (Å²) in [5, 5.41) is 19.1. The van der Waals surface area contributed by atoms with Crippen molar-refractivity contribution < 1.29 is 19.4 Å². The fourth-order valence-electron chi connectivity index (χ4n) is 2.52. The first-order valence-corrected chi connectivity index (χ1v) is 8.79. The van der Waals surface area contributed by atoms with Gasteiger partial charge in [-0.3, -0.25) is 4.79 Å². The lowest BCUT2D eigenvalue weighted by Gasteiger charge is -2.21. The SMILES string of the molecule is CC(C)c1cc(C(=O)O[C@H](C)C(=O)N(C)CCC#N)c(O)c(C(C)C)c1. The summed E-state index contributed by atoms with van der Waals surface area (Å²) in [4.78, 5) is 26.1. The normalized spacial score (nSPS) is 12.0. The van der Waals surface area contributed by atoms with Crippen LogP contribution in [0.25, 0.3) is 0 Å². The topological polar surface area (TPSA) is 90.6 Å². The number of amides is 1. The van der Waals surface area contributed by atoms with E-state index in [4.69, 9.17) is 10.00 Å². The molecule has 1 N–H and O–H groups in total. The van der Waals surface area contributed by atoms with Gasteiger partial charge in [-0.15, -0.1) is 0 Å². The van der Waals surface area contributed by atoms with E-state index >= 15 is 0 Å². The van der Waals surface area contributed by atoms with Crippen molar-refractivity contribution in [3.8, 4) is 11.8 Å². The number of hydrogen-bond acceptors (Lipinski definition) is 5. The van der Waals surface area contributed by atoms with Crippen molar-refractivity contribution in [2.24, 2.45) is 0 Å². The number of rotatable bonds is 7. The Hall–Kier alpha value is -2.55. The predicted octanol–water partition coefficient (Wildman–Crippen LogP) is 3.56. The number of likely N-dealkylation sites (N-methyl/N-ethyl adjacent to an activating group) is 1. The third kappa shape index (κ3) is 5.22. The number of benzene rings is 1. The summed E-state index contributed by atoms with van der Waals surface area (Å²) in [7, 11) is 1.55. The van der Waals surface area contributed by atoms with Gasteiger partial charge in [-0.2, -0.15) is 5.26 Å². The third-order valence-corrected chi connectivity index (χ3v) is 4.24. The minimum absolute atomic E-state index is 0.0384. The molecule has 1 amide bonds. The first kappa shape index (κ1) is 21.5. The van der Waals surface area contributed by atoms with Crippen molar-refractivity contribution in [2.45, 2.75) is 59.0 Å². The number of nitrogens with zero attached hydrogens (tertiary/aromatic N) is 2. The molecule has 1 rings (SSSR count). The quantitative estimate of drug-likeness (QED) is 0.751. The fraction of sp³-hybridized carbons (Fsp3) is 0.550. The summed E-state index contributed by atoms with van der Waals surface area (Å²) in [6, 6.07) is 5.48. The number of nitriles is 1. The second-order valence-electron chi connectivity index (χ2n) is 7.03. The molecule has 1 aromatic carbocycles. The zero-order valence-corrected chi connectivity index (χ0v) is 16.4. The minimum Gasteiger partial charge on any atom is -0.507 e. The lowest BCUT2D eigenvalue weighted by Crippen LogP contribution is -2.38. The number of aromatic hydroxyl groups is 1. The van der Waals surface area contributed by atoms with Crippen LogP contribution < -0.4 is 0 Å². The van der Waals surface area contributed by atoms with Crippen molar-refractivity contribution in [3.63, 3.8) is 0 Å². The Balaban J connectivity index is 3.06. The van der Waals surface area contributed by atoms with E-state index in [-0.39, 0.29) is 36.1 Å². The lowest BCUT2D eigenvalue weighted by atomic mass is 9.92. The van der Waals surface area contributed by atoms with E-state index in [1.54, 1.807) is 13.1 Å². The predicted molar refractivity (Wildman–Crippen MR) is 99.0 cm³/mol. The molecular weight excluding hydrogens is 332 g/mol. The average molecular weight is 360 g/mol. The van der Waals surface area contributed by atoms with Gasteiger partial charge >= 0.3 is 5.97 Å². The summed E-state index contributed by atoms with van der Waals surface area (Å²) in [6.07, 6.45) is -0.798. The molecule has 0 saturated carbocycles. The third-order valence-electron chi connectivity index (χ3n) is 4.24. The molecule has 0 heterocycles. The van der Waals surface area contributed by atoms with Crippen LogP contribution in [-0.2, 0) is 9.53 Å². The zero-order valence-electron chi connectivity index (χ0n) is 16.4. The Morgan fingerprint density at radius 1 is 1.19 bits per heavy atom. The molecule has 0 unspecified atom stereocenters. The Bertz CT molecular complexity index is 704. The van der Waals surface area contributed by atoms with Crippen LogP contribution in [-0.4, -0.2) is 41.6 Å². The van der Waals surface area contributed by atoms with E-state index in [9.17, 15) is 14.7 Å². The zero-order chi connectivity index (χ0) is 20.0. The van der Waals surface area contributed by atoms with Gasteiger partial charge in [0.15, 0.2) is 6.10 Å². The maximum Gasteiger partial charge on any atom is 0.342 e. The first-order chi connectivity index (χ1) is 12.1. The van der Waals surface area contributed by atoms with E-state index in [2.05, 4.69) is 0 Å². The molecule has 26 heavy (non-hydrogen) atoms. The molecule has 0 spiro atoms. The van der Waals surface area contributed by atoms with Gasteiger partial charge in [0.25, 0.3) is 5.91 Å². The Kier molecular flexibility index (Phi) is 7.63. The molecule has 6 nitrogen and oxygen atoms in total. The van der Waals surface area contributed by atoms with Gasteiger partial charge in [0, 0.05) is 13.6 Å². The van der Waals surface area contributed by atoms with Gasteiger partial charge in [0.1, 0.15) is 11.3 Å². The molecule has 142 valence electrons. The van der Waals surface area contributed by atoms with Crippen LogP contribution in [0.1, 0.15) is 74.4 Å². The highest BCUT2D eigenvalue weighted by molar-refractivity contribution is 5.95. The van der Waals surface area contributed by atoms with Crippen LogP contribution >= 0.6 is 0 Å². The van der Waals surface area contributed by atoms with Gasteiger partial charge in [0.05, 0.1) is 12.5 Å². The largest absolute Gasteiger partial charge is 0.507 e. The number of ether oxygens (including phenoxy) is 1. The van der Waals surface area contributed by atoms with E-state index in [1.807, 2.05) is 39.8 Å². The highest BCUT2D eigenvalue weighted by atomic mass is 16.5. The molecular formula is C20H28N2O4. The average Bonchev–Trinajstić information content (AvgIpc) is 2.58. The smallest absolute Gasteiger partial charge is 0.342 e. The van der Waals surface area contributed by atoms with E-state index in [1.165, 1.54) is 11.8 Å². The second kappa shape index (κ2) is 9.23. The second-order valence-corrected chi connectivity index (χ2v) is 7.03. The van der Waals surface area contributed by atoms with Crippen molar-refractivity contribution in [1.82, 2.24) is 4.90 Å². The molecule has 0 bridgehead atoms. The number of carbonyl (C=O) groups excluding carboxylic acids is 2. The fourth-order valence-corrected chi connectivity index (χ4v) is 2.52. The summed E-state index contributed by atoms with van der Waals surface area (Å²) < 4.78 is 5.28. The molecule has 0 aromatic heterocycles. The van der Waals surface area contributed by atoms with Crippen LogP contribution in [0.5, 0.6) is 5.75 Å². The molecule has 6 heteroatoms. The number of hydrogen-bond donors (Lipinski definition) is 1. The summed E-state index contributed by atoms with van der Waals surface area (Å²) in [6.45, 7) is 9.62. The van der Waals surface area contributed by atoms with Gasteiger partial charge in [-0.25, -0.2) is 4.79 Å². The van der Waals surface area contributed by atoms with Crippen molar-refractivity contribution in [3.05, 3.63) is 28.8 Å². The number of phenolic OH excluding ortho intramolecular Hbond substituents is 1. The lowest BCUT2D eigenvalue weighted by molar-refractivity contribution is -0.138. The summed E-state index contributed by atoms with van der Waals surface area (Å²) in [5.41, 5.74) is 1.66. The molecule has 1 atom stereocenters. The molecule has 1 aromatic rings. The minimum atomic E-state index is -1.00. The maximum absolute atomic E-state index is 12.6. The van der Waals surface area contributed by atoms with Crippen LogP contribution in [0.2, 0.25) is 0 Å². The highest BCUT2D eigenvalue weighted by Gasteiger charge is 2.25. The molecule has 0 saturated heterocycles. The number of carbonyl (C=O) groups is 2. The van der Waals surface area contributed by atoms with Gasteiger partial charge in [0.2, 0.25) is 0 Å². The van der Waals surface area contributed by atoms with Crippen LogP contribution in [0.4, 0.5) is 0 Å².